The van der Waals surface area contributed by atoms with E-state index in [-0.39, 0.29) is 12.2 Å². The number of Topliss-reactive ketones (excluding diaryl/α,β-unsaturated/α-hetero) is 2. The first-order chi connectivity index (χ1) is 9.20. The Bertz CT molecular complexity index is 559. The molecule has 0 aliphatic carbocycles. The van der Waals surface area contributed by atoms with Crippen LogP contribution in [0.3, 0.4) is 0 Å². The molecule has 0 bridgehead atoms. The fourth-order valence-corrected chi connectivity index (χ4v) is 1.65. The first kappa shape index (κ1) is 13.1. The van der Waals surface area contributed by atoms with Crippen LogP contribution in [0, 0.1) is 0 Å². The van der Waals surface area contributed by atoms with E-state index in [1.807, 2.05) is 0 Å². The number of H-pyrrole nitrogens is 1. The van der Waals surface area contributed by atoms with Crippen molar-refractivity contribution >= 4 is 11.6 Å². The molecule has 1 N–H and O–H groups in total. The summed E-state index contributed by atoms with van der Waals surface area (Å²) in [5.41, 5.74) is 1.04. The van der Waals surface area contributed by atoms with Gasteiger partial charge in [-0.05, 0) is 29.7 Å². The number of unbranched alkanes of at least 4 members (excludes halogenated alkanes) is 1. The van der Waals surface area contributed by atoms with Crippen LogP contribution in [0.5, 0.6) is 0 Å². The van der Waals surface area contributed by atoms with Crippen LogP contribution in [0.2, 0.25) is 0 Å². The summed E-state index contributed by atoms with van der Waals surface area (Å²) in [6.45, 7) is 2.11. The Balaban J connectivity index is 1.95. The highest BCUT2D eigenvalue weighted by molar-refractivity contribution is 6.42. The number of aromatic amines is 1. The van der Waals surface area contributed by atoms with Crippen LogP contribution < -0.4 is 0 Å². The molecule has 0 amide bonds. The summed E-state index contributed by atoms with van der Waals surface area (Å²) in [4.78, 5) is 23.3. The van der Waals surface area contributed by atoms with E-state index in [1.54, 1.807) is 12.3 Å². The van der Waals surface area contributed by atoms with Gasteiger partial charge in [-0.3, -0.25) is 9.59 Å². The third kappa shape index (κ3) is 3.34. The fourth-order valence-electron chi connectivity index (χ4n) is 1.65. The van der Waals surface area contributed by atoms with Crippen molar-refractivity contribution in [1.82, 2.24) is 20.6 Å². The molecule has 7 heteroatoms. The normalized spacial score (nSPS) is 10.6. The number of furan rings is 1. The monoisotopic (exact) mass is 262 g/mol. The van der Waals surface area contributed by atoms with Crippen molar-refractivity contribution in [2.24, 2.45) is 0 Å². The van der Waals surface area contributed by atoms with E-state index in [9.17, 15) is 9.59 Å². The van der Waals surface area contributed by atoms with Crippen LogP contribution in [0.25, 0.3) is 0 Å². The zero-order valence-electron chi connectivity index (χ0n) is 10.5. The largest absolute Gasteiger partial charge is 0.469 e. The molecule has 0 radical (unpaired) electrons. The van der Waals surface area contributed by atoms with Crippen molar-refractivity contribution in [3.63, 3.8) is 0 Å². The van der Waals surface area contributed by atoms with Gasteiger partial charge in [0, 0.05) is 0 Å². The number of nitrogens with zero attached hydrogens (tertiary/aromatic N) is 3. The summed E-state index contributed by atoms with van der Waals surface area (Å²) in [6, 6.07) is 1.80. The lowest BCUT2D eigenvalue weighted by Crippen LogP contribution is -2.18. The average molecular weight is 262 g/mol. The summed E-state index contributed by atoms with van der Waals surface area (Å²) in [7, 11) is 0. The number of hydrogen-bond donors (Lipinski definition) is 1. The van der Waals surface area contributed by atoms with Gasteiger partial charge < -0.3 is 4.42 Å². The van der Waals surface area contributed by atoms with Crippen LogP contribution in [0.4, 0.5) is 0 Å². The lowest BCUT2D eigenvalue weighted by atomic mass is 10.1. The van der Waals surface area contributed by atoms with E-state index in [0.717, 1.165) is 24.8 Å². The smallest absolute Gasteiger partial charge is 0.269 e. The van der Waals surface area contributed by atoms with E-state index in [0.29, 0.717) is 5.76 Å². The van der Waals surface area contributed by atoms with Gasteiger partial charge in [-0.15, -0.1) is 10.2 Å². The Hall–Kier alpha value is -2.31. The summed E-state index contributed by atoms with van der Waals surface area (Å²) >= 11 is 0. The van der Waals surface area contributed by atoms with Gasteiger partial charge in [0.2, 0.25) is 11.6 Å². The molecule has 7 nitrogen and oxygen atoms in total. The molecule has 0 unspecified atom stereocenters. The molecular weight excluding hydrogens is 248 g/mol. The van der Waals surface area contributed by atoms with Crippen molar-refractivity contribution in [3.05, 3.63) is 29.5 Å². The third-order valence-corrected chi connectivity index (χ3v) is 2.66. The zero-order valence-corrected chi connectivity index (χ0v) is 10.5. The molecular formula is C12H14N4O3. The number of rotatable bonds is 7. The van der Waals surface area contributed by atoms with Crippen LogP contribution >= 0.6 is 0 Å². The first-order valence-corrected chi connectivity index (χ1v) is 6.08. The van der Waals surface area contributed by atoms with Gasteiger partial charge >= 0.3 is 0 Å². The number of aryl methyl sites for hydroxylation is 1. The predicted octanol–water partition coefficient (Wildman–Crippen LogP) is 1.13. The van der Waals surface area contributed by atoms with Crippen LogP contribution in [-0.2, 0) is 17.6 Å². The van der Waals surface area contributed by atoms with Gasteiger partial charge in [0.1, 0.15) is 5.76 Å². The maximum atomic E-state index is 11.7. The van der Waals surface area contributed by atoms with Gasteiger partial charge in [-0.25, -0.2) is 0 Å². The third-order valence-electron chi connectivity index (χ3n) is 2.66. The molecule has 2 rings (SSSR count). The summed E-state index contributed by atoms with van der Waals surface area (Å²) in [5.74, 6) is -1.12. The molecule has 0 aliphatic rings. The summed E-state index contributed by atoms with van der Waals surface area (Å²) < 4.78 is 5.26. The number of nitrogens with one attached hydrogen (secondary N) is 1. The molecule has 0 fully saturated rings. The van der Waals surface area contributed by atoms with E-state index < -0.39 is 11.6 Å². The lowest BCUT2D eigenvalue weighted by molar-refractivity contribution is -0.114. The van der Waals surface area contributed by atoms with Crippen molar-refractivity contribution in [3.8, 4) is 0 Å². The quantitative estimate of drug-likeness (QED) is 0.592. The molecule has 100 valence electrons. The lowest BCUT2D eigenvalue weighted by Gasteiger charge is -1.93. The Kier molecular flexibility index (Phi) is 4.17. The van der Waals surface area contributed by atoms with Crippen LogP contribution in [0.15, 0.2) is 16.7 Å². The maximum Gasteiger partial charge on any atom is 0.269 e. The first-order valence-electron chi connectivity index (χ1n) is 6.08. The summed E-state index contributed by atoms with van der Waals surface area (Å²) in [6.07, 6.45) is 4.61. The molecule has 0 atom stereocenters. The van der Waals surface area contributed by atoms with Crippen LogP contribution in [0.1, 0.15) is 41.7 Å². The molecule has 0 aliphatic heterocycles. The minimum atomic E-state index is -0.764. The molecule has 2 aromatic rings. The number of carbonyl (C=O) groups is 2. The van der Waals surface area contributed by atoms with Gasteiger partial charge in [0.25, 0.3) is 5.78 Å². The van der Waals surface area contributed by atoms with Crippen molar-refractivity contribution in [1.29, 1.82) is 0 Å². The Morgan fingerprint density at radius 1 is 1.42 bits per heavy atom. The molecule has 19 heavy (non-hydrogen) atoms. The topological polar surface area (TPSA) is 102 Å². The highest BCUT2D eigenvalue weighted by Gasteiger charge is 2.21. The molecule has 0 spiro atoms. The van der Waals surface area contributed by atoms with E-state index in [4.69, 9.17) is 4.42 Å². The second-order valence-corrected chi connectivity index (χ2v) is 4.19. The average Bonchev–Trinajstić information content (AvgIpc) is 3.06. The molecule has 0 saturated carbocycles. The number of aromatic nitrogens is 4. The number of tetrazole rings is 1. The van der Waals surface area contributed by atoms with E-state index >= 15 is 0 Å². The second kappa shape index (κ2) is 6.03. The zero-order chi connectivity index (χ0) is 13.7. The van der Waals surface area contributed by atoms with Crippen molar-refractivity contribution in [2.45, 2.75) is 32.6 Å². The number of ketones is 2. The molecule has 0 aromatic carbocycles. The predicted molar refractivity (Wildman–Crippen MR) is 64.5 cm³/mol. The minimum absolute atomic E-state index is 0.0838. The Morgan fingerprint density at radius 3 is 2.95 bits per heavy atom. The van der Waals surface area contributed by atoms with E-state index in [1.165, 1.54) is 0 Å². The minimum Gasteiger partial charge on any atom is -0.469 e. The van der Waals surface area contributed by atoms with Crippen LogP contribution in [-0.4, -0.2) is 32.2 Å². The van der Waals surface area contributed by atoms with Gasteiger partial charge in [0.15, 0.2) is 0 Å². The van der Waals surface area contributed by atoms with Crippen molar-refractivity contribution < 1.29 is 14.0 Å². The number of carbonyl (C=O) groups excluding carboxylic acids is 2. The maximum absolute atomic E-state index is 11.7. The Morgan fingerprint density at radius 2 is 2.26 bits per heavy atom. The SMILES string of the molecule is CCCCc1coc(CC(=O)C(=O)c2nn[nH]n2)c1. The van der Waals surface area contributed by atoms with Gasteiger partial charge in [-0.2, -0.15) is 5.21 Å². The van der Waals surface area contributed by atoms with Gasteiger partial charge in [-0.1, -0.05) is 13.3 Å². The highest BCUT2D eigenvalue weighted by Crippen LogP contribution is 2.12. The highest BCUT2D eigenvalue weighted by atomic mass is 16.3. The Labute approximate surface area is 109 Å². The standard InChI is InChI=1S/C12H14N4O3/c1-2-3-4-8-5-9(19-7-8)6-10(17)11(18)12-13-15-16-14-12/h5,7H,2-4,6H2,1H3,(H,13,14,15,16). The van der Waals surface area contributed by atoms with Crippen molar-refractivity contribution in [2.75, 3.05) is 0 Å². The summed E-state index contributed by atoms with van der Waals surface area (Å²) in [5, 5.41) is 12.3. The van der Waals surface area contributed by atoms with E-state index in [2.05, 4.69) is 27.5 Å². The molecule has 0 saturated heterocycles. The second-order valence-electron chi connectivity index (χ2n) is 4.19. The molecule has 2 aromatic heterocycles. The molecule has 2 heterocycles. The fraction of sp³-hybridized carbons (Fsp3) is 0.417. The number of hydrogen-bond acceptors (Lipinski definition) is 6. The van der Waals surface area contributed by atoms with Gasteiger partial charge in [0.05, 0.1) is 12.7 Å².